The average Bonchev–Trinajstić information content (AvgIpc) is 2.77. The summed E-state index contributed by atoms with van der Waals surface area (Å²) in [5, 5.41) is 9.69. The fourth-order valence-corrected chi connectivity index (χ4v) is 3.04. The molecule has 2 aromatic rings. The second-order valence-electron chi connectivity index (χ2n) is 5.24. The van der Waals surface area contributed by atoms with Crippen LogP contribution >= 0.6 is 0 Å². The summed E-state index contributed by atoms with van der Waals surface area (Å²) in [6.45, 7) is 2.08. The van der Waals surface area contributed by atoms with Crippen LogP contribution in [-0.4, -0.2) is 17.1 Å². The Labute approximate surface area is 118 Å². The predicted octanol–water partition coefficient (Wildman–Crippen LogP) is 3.26. The molecular weight excluding hydrogens is 250 g/mol. The van der Waals surface area contributed by atoms with E-state index < -0.39 is 12.0 Å². The van der Waals surface area contributed by atoms with Crippen LogP contribution in [0.5, 0.6) is 0 Å². The zero-order chi connectivity index (χ0) is 14.1. The van der Waals surface area contributed by atoms with Gasteiger partial charge in [-0.1, -0.05) is 48.5 Å². The van der Waals surface area contributed by atoms with Crippen molar-refractivity contribution in [3.8, 4) is 0 Å². The number of carbonyl (C=O) groups is 1. The topological polar surface area (TPSA) is 40.5 Å². The third-order valence-electron chi connectivity index (χ3n) is 3.89. The number of aliphatic carboxylic acids is 1. The molecule has 0 amide bonds. The zero-order valence-corrected chi connectivity index (χ0v) is 11.4. The first-order valence-electron chi connectivity index (χ1n) is 6.82. The largest absolute Gasteiger partial charge is 0.479 e. The molecule has 1 N–H and O–H groups in total. The number of rotatable bonds is 3. The van der Waals surface area contributed by atoms with Crippen molar-refractivity contribution in [2.45, 2.75) is 25.4 Å². The van der Waals surface area contributed by atoms with Crippen molar-refractivity contribution < 1.29 is 9.90 Å². The maximum atomic E-state index is 11.8. The Kier molecular flexibility index (Phi) is 3.18. The van der Waals surface area contributed by atoms with Gasteiger partial charge in [-0.05, 0) is 30.5 Å². The second-order valence-corrected chi connectivity index (χ2v) is 5.24. The summed E-state index contributed by atoms with van der Waals surface area (Å²) >= 11 is 0. The molecule has 0 aromatic heterocycles. The van der Waals surface area contributed by atoms with E-state index in [1.165, 1.54) is 5.56 Å². The normalized spacial score (nSPS) is 18.6. The lowest BCUT2D eigenvalue weighted by atomic mass is 10.0. The van der Waals surface area contributed by atoms with Crippen LogP contribution in [0.4, 0.5) is 5.69 Å². The van der Waals surface area contributed by atoms with Crippen LogP contribution in [0.15, 0.2) is 54.6 Å². The van der Waals surface area contributed by atoms with Gasteiger partial charge in [-0.2, -0.15) is 0 Å². The van der Waals surface area contributed by atoms with Crippen molar-refractivity contribution in [2.75, 3.05) is 4.90 Å². The highest BCUT2D eigenvalue weighted by Gasteiger charge is 2.36. The Bertz CT molecular complexity index is 624. The number of benzene rings is 2. The summed E-state index contributed by atoms with van der Waals surface area (Å²) < 4.78 is 0. The number of fused-ring (bicyclic) bond motifs is 1. The molecule has 20 heavy (non-hydrogen) atoms. The molecule has 1 heterocycles. The van der Waals surface area contributed by atoms with Gasteiger partial charge in [-0.3, -0.25) is 0 Å². The second kappa shape index (κ2) is 5.00. The van der Waals surface area contributed by atoms with Crippen LogP contribution in [0.2, 0.25) is 0 Å². The molecule has 0 saturated carbocycles. The number of hydrogen-bond acceptors (Lipinski definition) is 2. The number of anilines is 1. The molecule has 2 atom stereocenters. The number of para-hydroxylation sites is 1. The van der Waals surface area contributed by atoms with Crippen molar-refractivity contribution in [1.82, 2.24) is 0 Å². The van der Waals surface area contributed by atoms with Gasteiger partial charge in [0.15, 0.2) is 6.04 Å². The minimum atomic E-state index is -0.806. The smallest absolute Gasteiger partial charge is 0.331 e. The molecule has 1 aliphatic heterocycles. The number of nitrogens with zero attached hydrogens (tertiary/aromatic N) is 1. The Hall–Kier alpha value is -2.29. The van der Waals surface area contributed by atoms with E-state index in [0.29, 0.717) is 0 Å². The quantitative estimate of drug-likeness (QED) is 0.928. The highest BCUT2D eigenvalue weighted by molar-refractivity contribution is 5.81. The highest BCUT2D eigenvalue weighted by Crippen LogP contribution is 2.38. The van der Waals surface area contributed by atoms with Gasteiger partial charge in [-0.15, -0.1) is 0 Å². The van der Waals surface area contributed by atoms with E-state index >= 15 is 0 Å². The fourth-order valence-electron chi connectivity index (χ4n) is 3.04. The monoisotopic (exact) mass is 267 g/mol. The first-order valence-corrected chi connectivity index (χ1v) is 6.82. The molecule has 2 unspecified atom stereocenters. The van der Waals surface area contributed by atoms with E-state index in [2.05, 4.69) is 13.0 Å². The SMILES string of the molecule is CC1Cc2ccccc2N1C(C(=O)O)c1ccccc1. The number of carboxylic acids is 1. The standard InChI is InChI=1S/C17H17NO2/c1-12-11-14-9-5-6-10-15(14)18(12)16(17(19)20)13-7-3-2-4-8-13/h2-10,12,16H,11H2,1H3,(H,19,20). The molecule has 102 valence electrons. The highest BCUT2D eigenvalue weighted by atomic mass is 16.4. The van der Waals surface area contributed by atoms with Gasteiger partial charge >= 0.3 is 5.97 Å². The third-order valence-corrected chi connectivity index (χ3v) is 3.89. The molecule has 2 aromatic carbocycles. The van der Waals surface area contributed by atoms with Crippen LogP contribution < -0.4 is 4.90 Å². The summed E-state index contributed by atoms with van der Waals surface area (Å²) in [6, 6.07) is 17.1. The minimum absolute atomic E-state index is 0.189. The van der Waals surface area contributed by atoms with Crippen molar-refractivity contribution >= 4 is 11.7 Å². The summed E-state index contributed by atoms with van der Waals surface area (Å²) in [5.41, 5.74) is 3.09. The minimum Gasteiger partial charge on any atom is -0.479 e. The van der Waals surface area contributed by atoms with E-state index in [9.17, 15) is 9.90 Å². The Morgan fingerprint density at radius 2 is 1.80 bits per heavy atom. The van der Waals surface area contributed by atoms with E-state index in [0.717, 1.165) is 17.7 Å². The van der Waals surface area contributed by atoms with Crippen LogP contribution in [-0.2, 0) is 11.2 Å². The van der Waals surface area contributed by atoms with Gasteiger partial charge in [0.05, 0.1) is 0 Å². The molecule has 3 rings (SSSR count). The lowest BCUT2D eigenvalue weighted by molar-refractivity contribution is -0.138. The molecule has 3 nitrogen and oxygen atoms in total. The molecule has 3 heteroatoms. The zero-order valence-electron chi connectivity index (χ0n) is 11.4. The van der Waals surface area contributed by atoms with Crippen LogP contribution in [0, 0.1) is 0 Å². The average molecular weight is 267 g/mol. The summed E-state index contributed by atoms with van der Waals surface area (Å²) in [7, 11) is 0. The first kappa shape index (κ1) is 12.7. The van der Waals surface area contributed by atoms with E-state index in [1.807, 2.05) is 53.4 Å². The lowest BCUT2D eigenvalue weighted by Crippen LogP contribution is -2.38. The molecule has 0 radical (unpaired) electrons. The van der Waals surface area contributed by atoms with Gasteiger partial charge in [0.25, 0.3) is 0 Å². The van der Waals surface area contributed by atoms with Crippen molar-refractivity contribution in [3.05, 3.63) is 65.7 Å². The van der Waals surface area contributed by atoms with Crippen molar-refractivity contribution in [3.63, 3.8) is 0 Å². The fraction of sp³-hybridized carbons (Fsp3) is 0.235. The molecule has 0 saturated heterocycles. The van der Waals surface area contributed by atoms with Crippen LogP contribution in [0.25, 0.3) is 0 Å². The van der Waals surface area contributed by atoms with Crippen molar-refractivity contribution in [2.24, 2.45) is 0 Å². The Morgan fingerprint density at radius 1 is 1.15 bits per heavy atom. The van der Waals surface area contributed by atoms with Gasteiger partial charge in [-0.25, -0.2) is 4.79 Å². The summed E-state index contributed by atoms with van der Waals surface area (Å²) in [5.74, 6) is -0.806. The van der Waals surface area contributed by atoms with Gasteiger partial charge in [0.2, 0.25) is 0 Å². The molecule has 0 spiro atoms. The van der Waals surface area contributed by atoms with E-state index in [1.54, 1.807) is 0 Å². The lowest BCUT2D eigenvalue weighted by Gasteiger charge is -2.31. The molecular formula is C17H17NO2. The number of hydrogen-bond donors (Lipinski definition) is 1. The van der Waals surface area contributed by atoms with Gasteiger partial charge in [0.1, 0.15) is 0 Å². The van der Waals surface area contributed by atoms with Gasteiger partial charge in [0, 0.05) is 11.7 Å². The summed E-state index contributed by atoms with van der Waals surface area (Å²) in [6.07, 6.45) is 0.896. The maximum Gasteiger partial charge on any atom is 0.331 e. The molecule has 0 fully saturated rings. The van der Waals surface area contributed by atoms with Crippen LogP contribution in [0.3, 0.4) is 0 Å². The maximum absolute atomic E-state index is 11.8. The van der Waals surface area contributed by atoms with Crippen LogP contribution in [0.1, 0.15) is 24.1 Å². The molecule has 0 bridgehead atoms. The van der Waals surface area contributed by atoms with Gasteiger partial charge < -0.3 is 10.0 Å². The third kappa shape index (κ3) is 2.05. The Balaban J connectivity index is 2.07. The van der Waals surface area contributed by atoms with Crippen molar-refractivity contribution in [1.29, 1.82) is 0 Å². The Morgan fingerprint density at radius 3 is 2.50 bits per heavy atom. The molecule has 1 aliphatic rings. The van der Waals surface area contributed by atoms with E-state index in [4.69, 9.17) is 0 Å². The number of carboxylic acid groups (broad SMARTS) is 1. The summed E-state index contributed by atoms with van der Waals surface area (Å²) in [4.78, 5) is 13.8. The van der Waals surface area contributed by atoms with E-state index in [-0.39, 0.29) is 6.04 Å². The first-order chi connectivity index (χ1) is 9.68. The molecule has 0 aliphatic carbocycles. The predicted molar refractivity (Wildman–Crippen MR) is 78.9 cm³/mol.